The van der Waals surface area contributed by atoms with Crippen molar-refractivity contribution in [3.8, 4) is 0 Å². The molecule has 0 spiro atoms. The number of amides is 1. The molecule has 3 aliphatic rings. The van der Waals surface area contributed by atoms with Gasteiger partial charge in [0.1, 0.15) is 4.90 Å². The number of sulfonamides is 1. The minimum absolute atomic E-state index is 0.0344. The van der Waals surface area contributed by atoms with Crippen LogP contribution in [0.3, 0.4) is 0 Å². The van der Waals surface area contributed by atoms with Crippen LogP contribution in [0.4, 0.5) is 0 Å². The SMILES string of the molecule is CC12CC[C@@H](C1)C(C)(C)C2NC(=O)c1ccc(Cl)c(S(=O)(=O)N2CCCCC2)c1. The number of carbonyl (C=O) groups is 1. The first-order valence-electron chi connectivity index (χ1n) is 10.7. The lowest BCUT2D eigenvalue weighted by Crippen LogP contribution is -2.52. The first-order valence-corrected chi connectivity index (χ1v) is 12.5. The lowest BCUT2D eigenvalue weighted by Gasteiger charge is -2.43. The van der Waals surface area contributed by atoms with Gasteiger partial charge in [-0.2, -0.15) is 4.31 Å². The van der Waals surface area contributed by atoms with E-state index in [0.29, 0.717) is 24.6 Å². The third kappa shape index (κ3) is 3.51. The third-order valence-electron chi connectivity index (χ3n) is 7.67. The molecule has 2 bridgehead atoms. The second kappa shape index (κ2) is 7.24. The molecule has 0 radical (unpaired) electrons. The van der Waals surface area contributed by atoms with E-state index < -0.39 is 10.0 Å². The maximum absolute atomic E-state index is 13.1. The lowest BCUT2D eigenvalue weighted by atomic mass is 9.68. The molecule has 1 saturated heterocycles. The van der Waals surface area contributed by atoms with Gasteiger partial charge >= 0.3 is 0 Å². The summed E-state index contributed by atoms with van der Waals surface area (Å²) in [6, 6.07) is 4.68. The summed E-state index contributed by atoms with van der Waals surface area (Å²) in [6.45, 7) is 7.75. The van der Waals surface area contributed by atoms with Gasteiger partial charge in [-0.25, -0.2) is 8.42 Å². The molecule has 3 atom stereocenters. The number of nitrogens with one attached hydrogen (secondary N) is 1. The van der Waals surface area contributed by atoms with Crippen molar-refractivity contribution >= 4 is 27.5 Å². The van der Waals surface area contributed by atoms with Crippen LogP contribution >= 0.6 is 11.6 Å². The Morgan fingerprint density at radius 1 is 1.17 bits per heavy atom. The molecule has 29 heavy (non-hydrogen) atoms. The van der Waals surface area contributed by atoms with Gasteiger partial charge in [0.15, 0.2) is 0 Å². The maximum atomic E-state index is 13.1. The largest absolute Gasteiger partial charge is 0.348 e. The Hall–Kier alpha value is -1.11. The van der Waals surface area contributed by atoms with Crippen LogP contribution in [0.1, 0.15) is 69.7 Å². The first kappa shape index (κ1) is 21.1. The number of nitrogens with zero attached hydrogens (tertiary/aromatic N) is 1. The topological polar surface area (TPSA) is 66.5 Å². The summed E-state index contributed by atoms with van der Waals surface area (Å²) in [7, 11) is -3.70. The monoisotopic (exact) mass is 438 g/mol. The molecule has 160 valence electrons. The highest BCUT2D eigenvalue weighted by Gasteiger charge is 2.59. The summed E-state index contributed by atoms with van der Waals surface area (Å²) in [5, 5.41) is 3.41. The zero-order chi connectivity index (χ0) is 21.0. The minimum Gasteiger partial charge on any atom is -0.348 e. The number of hydrogen-bond acceptors (Lipinski definition) is 3. The summed E-state index contributed by atoms with van der Waals surface area (Å²) >= 11 is 6.26. The van der Waals surface area contributed by atoms with Gasteiger partial charge in [-0.05, 0) is 67.1 Å². The highest BCUT2D eigenvalue weighted by Crippen LogP contribution is 2.62. The van der Waals surface area contributed by atoms with Crippen molar-refractivity contribution in [2.45, 2.75) is 70.2 Å². The van der Waals surface area contributed by atoms with Crippen LogP contribution < -0.4 is 5.32 Å². The smallest absolute Gasteiger partial charge is 0.251 e. The summed E-state index contributed by atoms with van der Waals surface area (Å²) < 4.78 is 27.7. The number of hydrogen-bond donors (Lipinski definition) is 1. The fourth-order valence-electron chi connectivity index (χ4n) is 5.96. The molecule has 1 aromatic carbocycles. The van der Waals surface area contributed by atoms with E-state index >= 15 is 0 Å². The van der Waals surface area contributed by atoms with Crippen LogP contribution in [0.2, 0.25) is 5.02 Å². The Balaban J connectivity index is 1.60. The molecule has 0 aromatic heterocycles. The molecule has 1 heterocycles. The Morgan fingerprint density at radius 3 is 2.48 bits per heavy atom. The first-order chi connectivity index (χ1) is 13.6. The average Bonchev–Trinajstić information content (AvgIpc) is 3.17. The van der Waals surface area contributed by atoms with E-state index in [-0.39, 0.29) is 32.7 Å². The van der Waals surface area contributed by atoms with Crippen LogP contribution in [0.15, 0.2) is 23.1 Å². The predicted molar refractivity (Wildman–Crippen MR) is 115 cm³/mol. The van der Waals surface area contributed by atoms with E-state index in [1.807, 2.05) is 0 Å². The fourth-order valence-corrected chi connectivity index (χ4v) is 7.98. The predicted octanol–water partition coefficient (Wildman–Crippen LogP) is 4.46. The molecule has 2 unspecified atom stereocenters. The number of rotatable bonds is 4. The van der Waals surface area contributed by atoms with E-state index in [0.717, 1.165) is 32.1 Å². The van der Waals surface area contributed by atoms with Crippen LogP contribution in [-0.4, -0.2) is 37.8 Å². The van der Waals surface area contributed by atoms with Crippen molar-refractivity contribution in [1.29, 1.82) is 0 Å². The normalized spacial score (nSPS) is 31.7. The molecule has 5 nitrogen and oxygen atoms in total. The molecule has 2 saturated carbocycles. The van der Waals surface area contributed by atoms with Crippen molar-refractivity contribution in [3.05, 3.63) is 28.8 Å². The second-order valence-electron chi connectivity index (χ2n) is 9.93. The maximum Gasteiger partial charge on any atom is 0.251 e. The van der Waals surface area contributed by atoms with Gasteiger partial charge in [-0.15, -0.1) is 0 Å². The Bertz CT molecular complexity index is 919. The van der Waals surface area contributed by atoms with Crippen molar-refractivity contribution < 1.29 is 13.2 Å². The molecule has 1 aliphatic heterocycles. The average molecular weight is 439 g/mol. The van der Waals surface area contributed by atoms with Gasteiger partial charge < -0.3 is 5.32 Å². The van der Waals surface area contributed by atoms with Gasteiger partial charge in [0.05, 0.1) is 5.02 Å². The summed E-state index contributed by atoms with van der Waals surface area (Å²) in [5.41, 5.74) is 0.503. The van der Waals surface area contributed by atoms with Crippen molar-refractivity contribution in [1.82, 2.24) is 9.62 Å². The molecule has 1 amide bonds. The molecule has 7 heteroatoms. The zero-order valence-electron chi connectivity index (χ0n) is 17.5. The van der Waals surface area contributed by atoms with Crippen LogP contribution in [0.5, 0.6) is 0 Å². The third-order valence-corrected chi connectivity index (χ3v) is 10.1. The number of benzene rings is 1. The van der Waals surface area contributed by atoms with Crippen LogP contribution in [0.25, 0.3) is 0 Å². The van der Waals surface area contributed by atoms with E-state index in [1.54, 1.807) is 6.07 Å². The molecular formula is C22H31ClN2O3S. The summed E-state index contributed by atoms with van der Waals surface area (Å²) in [4.78, 5) is 13.1. The second-order valence-corrected chi connectivity index (χ2v) is 12.2. The van der Waals surface area contributed by atoms with Crippen molar-refractivity contribution in [2.75, 3.05) is 13.1 Å². The fraction of sp³-hybridized carbons (Fsp3) is 0.682. The molecular weight excluding hydrogens is 408 g/mol. The summed E-state index contributed by atoms with van der Waals surface area (Å²) in [6.07, 6.45) is 6.23. The van der Waals surface area contributed by atoms with Gasteiger partial charge in [0.2, 0.25) is 10.0 Å². The molecule has 3 fully saturated rings. The number of halogens is 1. The van der Waals surface area contributed by atoms with E-state index in [2.05, 4.69) is 26.1 Å². The molecule has 1 N–H and O–H groups in total. The van der Waals surface area contributed by atoms with Crippen molar-refractivity contribution in [2.24, 2.45) is 16.7 Å². The summed E-state index contributed by atoms with van der Waals surface area (Å²) in [5.74, 6) is 0.404. The Kier molecular flexibility index (Phi) is 5.28. The van der Waals surface area contributed by atoms with E-state index in [1.165, 1.54) is 22.9 Å². The standard InChI is InChI=1S/C22H31ClN2O3S/c1-21(2)16-9-10-22(3,14-16)20(21)24-19(26)15-7-8-17(23)18(13-15)29(27,28)25-11-5-4-6-12-25/h7-8,13,16,20H,4-6,9-12,14H2,1-3H3,(H,24,26)/t16-,20?,22?/m0/s1. The minimum atomic E-state index is -3.70. The molecule has 1 aromatic rings. The van der Waals surface area contributed by atoms with Crippen LogP contribution in [0, 0.1) is 16.7 Å². The highest BCUT2D eigenvalue weighted by molar-refractivity contribution is 7.89. The van der Waals surface area contributed by atoms with E-state index in [9.17, 15) is 13.2 Å². The van der Waals surface area contributed by atoms with Gasteiger partial charge in [0.25, 0.3) is 5.91 Å². The highest BCUT2D eigenvalue weighted by atomic mass is 35.5. The lowest BCUT2D eigenvalue weighted by molar-refractivity contribution is 0.0737. The molecule has 2 aliphatic carbocycles. The Morgan fingerprint density at radius 2 is 1.86 bits per heavy atom. The van der Waals surface area contributed by atoms with Crippen molar-refractivity contribution in [3.63, 3.8) is 0 Å². The Labute approximate surface area is 179 Å². The van der Waals surface area contributed by atoms with Crippen LogP contribution in [-0.2, 0) is 10.0 Å². The number of piperidine rings is 1. The molecule has 4 rings (SSSR count). The van der Waals surface area contributed by atoms with Gasteiger partial charge in [-0.3, -0.25) is 4.79 Å². The van der Waals surface area contributed by atoms with E-state index in [4.69, 9.17) is 11.6 Å². The quantitative estimate of drug-likeness (QED) is 0.754. The van der Waals surface area contributed by atoms with Gasteiger partial charge in [-0.1, -0.05) is 38.8 Å². The zero-order valence-corrected chi connectivity index (χ0v) is 19.1. The number of fused-ring (bicyclic) bond motifs is 2. The van der Waals surface area contributed by atoms with Gasteiger partial charge in [0, 0.05) is 24.7 Å². The number of carbonyl (C=O) groups excluding carboxylic acids is 1.